The fourth-order valence-corrected chi connectivity index (χ4v) is 3.38. The number of carbonyl (C=O) groups excluding carboxylic acids is 1. The molecule has 0 fully saturated rings. The van der Waals surface area contributed by atoms with Crippen LogP contribution in [0.3, 0.4) is 0 Å². The van der Waals surface area contributed by atoms with Gasteiger partial charge in [-0.05, 0) is 37.5 Å². The van der Waals surface area contributed by atoms with Crippen LogP contribution in [-0.4, -0.2) is 44.2 Å². The summed E-state index contributed by atoms with van der Waals surface area (Å²) < 4.78 is 6.02. The lowest BCUT2D eigenvalue weighted by molar-refractivity contribution is -0.124. The number of benzene rings is 1. The standard InChI is InChI=1S/C18H21N5O4S/c1-11-20-15(27-22-11)7-9-19-16(24)14(8-10-28-2)23-17(25)12-5-3-4-6-13(12)21-18(23)26/h3-6,14H,7-10H2,1-2H3,(H,19,24)(H,21,26)/t14-/m0/s1. The maximum absolute atomic E-state index is 12.9. The van der Waals surface area contributed by atoms with E-state index in [0.717, 1.165) is 4.57 Å². The largest absolute Gasteiger partial charge is 0.354 e. The number of hydrogen-bond acceptors (Lipinski definition) is 7. The molecule has 1 amide bonds. The number of para-hydroxylation sites is 1. The van der Waals surface area contributed by atoms with Gasteiger partial charge in [0.15, 0.2) is 5.82 Å². The van der Waals surface area contributed by atoms with Crippen LogP contribution in [0.4, 0.5) is 0 Å². The van der Waals surface area contributed by atoms with Crippen molar-refractivity contribution in [2.24, 2.45) is 0 Å². The van der Waals surface area contributed by atoms with Crippen LogP contribution in [0.15, 0.2) is 38.4 Å². The Bertz CT molecular complexity index is 1090. The van der Waals surface area contributed by atoms with Gasteiger partial charge < -0.3 is 14.8 Å². The average Bonchev–Trinajstić information content (AvgIpc) is 3.09. The van der Waals surface area contributed by atoms with E-state index in [-0.39, 0.29) is 6.54 Å². The van der Waals surface area contributed by atoms with Crippen molar-refractivity contribution < 1.29 is 9.32 Å². The minimum absolute atomic E-state index is 0.260. The molecule has 10 heteroatoms. The molecular formula is C18H21N5O4S. The van der Waals surface area contributed by atoms with E-state index in [0.29, 0.717) is 41.2 Å². The number of nitrogens with zero attached hydrogens (tertiary/aromatic N) is 3. The summed E-state index contributed by atoms with van der Waals surface area (Å²) in [6.45, 7) is 1.97. The second-order valence-electron chi connectivity index (χ2n) is 6.22. The fourth-order valence-electron chi connectivity index (χ4n) is 2.92. The molecular weight excluding hydrogens is 382 g/mol. The molecule has 0 saturated carbocycles. The third kappa shape index (κ3) is 4.33. The van der Waals surface area contributed by atoms with Gasteiger partial charge in [-0.1, -0.05) is 17.3 Å². The van der Waals surface area contributed by atoms with Crippen LogP contribution in [0.2, 0.25) is 0 Å². The lowest BCUT2D eigenvalue weighted by Gasteiger charge is -2.18. The summed E-state index contributed by atoms with van der Waals surface area (Å²) in [7, 11) is 0. The predicted octanol–water partition coefficient (Wildman–Crippen LogP) is 1.03. The maximum atomic E-state index is 12.9. The summed E-state index contributed by atoms with van der Waals surface area (Å²) in [4.78, 5) is 45.0. The van der Waals surface area contributed by atoms with Crippen molar-refractivity contribution in [3.63, 3.8) is 0 Å². The number of carbonyl (C=O) groups is 1. The number of fused-ring (bicyclic) bond motifs is 1. The molecule has 2 aromatic heterocycles. The van der Waals surface area contributed by atoms with Gasteiger partial charge in [0.1, 0.15) is 6.04 Å². The van der Waals surface area contributed by atoms with Gasteiger partial charge in [-0.25, -0.2) is 9.36 Å². The summed E-state index contributed by atoms with van der Waals surface area (Å²) in [5.41, 5.74) is -0.629. The summed E-state index contributed by atoms with van der Waals surface area (Å²) in [6, 6.07) is 5.84. The second-order valence-corrected chi connectivity index (χ2v) is 7.21. The zero-order valence-corrected chi connectivity index (χ0v) is 16.4. The topological polar surface area (TPSA) is 123 Å². The Balaban J connectivity index is 1.85. The fraction of sp³-hybridized carbons (Fsp3) is 0.389. The van der Waals surface area contributed by atoms with Crippen molar-refractivity contribution in [3.8, 4) is 0 Å². The van der Waals surface area contributed by atoms with Crippen LogP contribution in [0, 0.1) is 6.92 Å². The molecule has 0 aliphatic heterocycles. The van der Waals surface area contributed by atoms with E-state index in [1.54, 1.807) is 31.2 Å². The number of aromatic amines is 1. The molecule has 3 rings (SSSR count). The Morgan fingerprint density at radius 3 is 2.86 bits per heavy atom. The lowest BCUT2D eigenvalue weighted by atomic mass is 10.2. The molecule has 1 aromatic carbocycles. The Kier molecular flexibility index (Phi) is 6.30. The van der Waals surface area contributed by atoms with Gasteiger partial charge in [0.25, 0.3) is 5.56 Å². The van der Waals surface area contributed by atoms with Crippen LogP contribution in [0.25, 0.3) is 10.9 Å². The number of aromatic nitrogens is 4. The first-order chi connectivity index (χ1) is 13.5. The number of aryl methyl sites for hydroxylation is 1. The minimum atomic E-state index is -0.905. The van der Waals surface area contributed by atoms with Crippen molar-refractivity contribution >= 4 is 28.6 Å². The summed E-state index contributed by atoms with van der Waals surface area (Å²) >= 11 is 1.54. The van der Waals surface area contributed by atoms with Crippen LogP contribution in [-0.2, 0) is 11.2 Å². The Morgan fingerprint density at radius 1 is 1.36 bits per heavy atom. The van der Waals surface area contributed by atoms with Crippen molar-refractivity contribution in [2.75, 3.05) is 18.6 Å². The molecule has 0 spiro atoms. The molecule has 1 atom stereocenters. The quantitative estimate of drug-likeness (QED) is 0.576. The van der Waals surface area contributed by atoms with E-state index >= 15 is 0 Å². The second kappa shape index (κ2) is 8.87. The van der Waals surface area contributed by atoms with Crippen molar-refractivity contribution in [1.82, 2.24) is 25.0 Å². The zero-order valence-electron chi connectivity index (χ0n) is 15.6. The molecule has 0 saturated heterocycles. The number of hydrogen-bond donors (Lipinski definition) is 2. The number of H-pyrrole nitrogens is 1. The van der Waals surface area contributed by atoms with Crippen LogP contribution in [0.5, 0.6) is 0 Å². The summed E-state index contributed by atoms with van der Waals surface area (Å²) in [6.07, 6.45) is 2.62. The molecule has 3 aromatic rings. The first-order valence-electron chi connectivity index (χ1n) is 8.80. The van der Waals surface area contributed by atoms with Crippen LogP contribution in [0.1, 0.15) is 24.2 Å². The molecule has 148 valence electrons. The normalized spacial score (nSPS) is 12.2. The van der Waals surface area contributed by atoms with Crippen LogP contribution < -0.4 is 16.6 Å². The van der Waals surface area contributed by atoms with Gasteiger partial charge in [0, 0.05) is 13.0 Å². The number of thioether (sulfide) groups is 1. The molecule has 0 bridgehead atoms. The van der Waals surface area contributed by atoms with Gasteiger partial charge in [-0.15, -0.1) is 0 Å². The SMILES string of the molecule is CSCC[C@@H](C(=O)NCCc1nc(C)no1)n1c(=O)[nH]c2ccccc2c1=O. The van der Waals surface area contributed by atoms with Crippen molar-refractivity contribution in [1.29, 1.82) is 0 Å². The maximum Gasteiger partial charge on any atom is 0.329 e. The molecule has 0 unspecified atom stereocenters. The number of nitrogens with one attached hydrogen (secondary N) is 2. The molecule has 0 radical (unpaired) electrons. The van der Waals surface area contributed by atoms with Crippen molar-refractivity contribution in [2.45, 2.75) is 25.8 Å². The van der Waals surface area contributed by atoms with Crippen LogP contribution >= 0.6 is 11.8 Å². The Labute approximate surface area is 164 Å². The molecule has 2 heterocycles. The van der Waals surface area contributed by atoms with Gasteiger partial charge in [-0.3, -0.25) is 9.59 Å². The van der Waals surface area contributed by atoms with Gasteiger partial charge >= 0.3 is 5.69 Å². The molecule has 0 aliphatic rings. The van der Waals surface area contributed by atoms with Crippen molar-refractivity contribution in [3.05, 3.63) is 56.8 Å². The number of amides is 1. The third-order valence-electron chi connectivity index (χ3n) is 4.25. The number of rotatable bonds is 8. The Hall–Kier alpha value is -2.88. The molecule has 28 heavy (non-hydrogen) atoms. The summed E-state index contributed by atoms with van der Waals surface area (Å²) in [5, 5.41) is 6.83. The smallest absolute Gasteiger partial charge is 0.329 e. The average molecular weight is 403 g/mol. The highest BCUT2D eigenvalue weighted by atomic mass is 32.2. The molecule has 2 N–H and O–H groups in total. The highest BCUT2D eigenvalue weighted by molar-refractivity contribution is 7.98. The molecule has 9 nitrogen and oxygen atoms in total. The van der Waals surface area contributed by atoms with Gasteiger partial charge in [0.05, 0.1) is 10.9 Å². The zero-order chi connectivity index (χ0) is 20.1. The monoisotopic (exact) mass is 403 g/mol. The highest BCUT2D eigenvalue weighted by Crippen LogP contribution is 2.13. The first-order valence-corrected chi connectivity index (χ1v) is 10.2. The van der Waals surface area contributed by atoms with E-state index < -0.39 is 23.2 Å². The first kappa shape index (κ1) is 19.9. The van der Waals surface area contributed by atoms with E-state index in [2.05, 4.69) is 20.4 Å². The summed E-state index contributed by atoms with van der Waals surface area (Å²) in [5.74, 6) is 1.17. The highest BCUT2D eigenvalue weighted by Gasteiger charge is 2.24. The molecule has 0 aliphatic carbocycles. The van der Waals surface area contributed by atoms with E-state index in [9.17, 15) is 14.4 Å². The van der Waals surface area contributed by atoms with E-state index in [4.69, 9.17) is 4.52 Å². The van der Waals surface area contributed by atoms with Gasteiger partial charge in [-0.2, -0.15) is 16.7 Å². The minimum Gasteiger partial charge on any atom is -0.354 e. The Morgan fingerprint density at radius 2 is 2.14 bits per heavy atom. The lowest BCUT2D eigenvalue weighted by Crippen LogP contribution is -2.45. The van der Waals surface area contributed by atoms with E-state index in [1.807, 2.05) is 6.26 Å². The van der Waals surface area contributed by atoms with Gasteiger partial charge in [0.2, 0.25) is 11.8 Å². The predicted molar refractivity (Wildman–Crippen MR) is 107 cm³/mol. The van der Waals surface area contributed by atoms with E-state index in [1.165, 1.54) is 11.8 Å². The third-order valence-corrected chi connectivity index (χ3v) is 4.90.